The van der Waals surface area contributed by atoms with Gasteiger partial charge >= 0.3 is 0 Å². The first-order valence-corrected chi connectivity index (χ1v) is 9.16. The Kier molecular flexibility index (Phi) is 4.60. The van der Waals surface area contributed by atoms with Crippen molar-refractivity contribution in [2.24, 2.45) is 0 Å². The van der Waals surface area contributed by atoms with Gasteiger partial charge in [0, 0.05) is 29.4 Å². The lowest BCUT2D eigenvalue weighted by Gasteiger charge is -2.04. The average molecular weight is 394 g/mol. The molecule has 140 valence electrons. The number of hydrogen-bond acceptors (Lipinski definition) is 6. The SMILES string of the molecule is O=C(C=Cc1c(-c2ccc(CO)c([N+](=O)[O-])c2)nc2sccn12)c1ccc[nH]1. The number of allylic oxidation sites excluding steroid dienone is 1. The second kappa shape index (κ2) is 7.22. The first kappa shape index (κ1) is 17.8. The van der Waals surface area contributed by atoms with E-state index < -0.39 is 11.5 Å². The van der Waals surface area contributed by atoms with E-state index in [-0.39, 0.29) is 17.0 Å². The maximum absolute atomic E-state index is 12.3. The summed E-state index contributed by atoms with van der Waals surface area (Å²) in [6.45, 7) is -0.424. The minimum absolute atomic E-state index is 0.172. The highest BCUT2D eigenvalue weighted by atomic mass is 32.1. The molecule has 0 fully saturated rings. The second-order valence-corrected chi connectivity index (χ2v) is 6.81. The number of H-pyrrole nitrogens is 1. The number of nitrogens with zero attached hydrogens (tertiary/aromatic N) is 3. The minimum atomic E-state index is -0.530. The number of aliphatic hydroxyl groups excluding tert-OH is 1. The molecule has 28 heavy (non-hydrogen) atoms. The number of aliphatic hydroxyl groups is 1. The van der Waals surface area contributed by atoms with Crippen molar-refractivity contribution in [3.8, 4) is 11.3 Å². The van der Waals surface area contributed by atoms with E-state index in [1.54, 1.807) is 30.5 Å². The van der Waals surface area contributed by atoms with Crippen LogP contribution in [0, 0.1) is 10.1 Å². The highest BCUT2D eigenvalue weighted by molar-refractivity contribution is 7.15. The lowest BCUT2D eigenvalue weighted by molar-refractivity contribution is -0.385. The van der Waals surface area contributed by atoms with Gasteiger partial charge in [-0.05, 0) is 30.4 Å². The second-order valence-electron chi connectivity index (χ2n) is 5.94. The Labute approximate surface area is 162 Å². The number of nitro groups is 1. The summed E-state index contributed by atoms with van der Waals surface area (Å²) < 4.78 is 1.82. The number of rotatable bonds is 6. The first-order valence-electron chi connectivity index (χ1n) is 8.28. The van der Waals surface area contributed by atoms with E-state index in [0.29, 0.717) is 27.6 Å². The predicted octanol–water partition coefficient (Wildman–Crippen LogP) is 3.69. The zero-order chi connectivity index (χ0) is 19.7. The van der Waals surface area contributed by atoms with Crippen LogP contribution in [0.3, 0.4) is 0 Å². The van der Waals surface area contributed by atoms with Crippen LogP contribution in [-0.4, -0.2) is 30.2 Å². The number of aromatic amines is 1. The molecule has 4 aromatic rings. The number of benzene rings is 1. The van der Waals surface area contributed by atoms with E-state index in [1.165, 1.54) is 29.5 Å². The molecule has 0 atom stereocenters. The summed E-state index contributed by atoms with van der Waals surface area (Å²) in [6.07, 6.45) is 6.58. The zero-order valence-corrected chi connectivity index (χ0v) is 15.2. The van der Waals surface area contributed by atoms with Crippen LogP contribution in [0.25, 0.3) is 22.3 Å². The van der Waals surface area contributed by atoms with Gasteiger partial charge in [-0.15, -0.1) is 11.3 Å². The molecule has 8 nitrogen and oxygen atoms in total. The number of carbonyl (C=O) groups is 1. The van der Waals surface area contributed by atoms with E-state index >= 15 is 0 Å². The molecular formula is C19H14N4O4S. The molecule has 0 spiro atoms. The van der Waals surface area contributed by atoms with Crippen molar-refractivity contribution < 1.29 is 14.8 Å². The number of nitrogens with one attached hydrogen (secondary N) is 1. The Morgan fingerprint density at radius 3 is 2.96 bits per heavy atom. The van der Waals surface area contributed by atoms with Crippen molar-refractivity contribution in [1.29, 1.82) is 0 Å². The van der Waals surface area contributed by atoms with Crippen LogP contribution in [0.4, 0.5) is 5.69 Å². The van der Waals surface area contributed by atoms with Gasteiger partial charge in [0.25, 0.3) is 5.69 Å². The fourth-order valence-corrected chi connectivity index (χ4v) is 3.64. The lowest BCUT2D eigenvalue weighted by Crippen LogP contribution is -1.97. The number of fused-ring (bicyclic) bond motifs is 1. The number of hydrogen-bond donors (Lipinski definition) is 2. The van der Waals surface area contributed by atoms with E-state index in [9.17, 15) is 20.0 Å². The van der Waals surface area contributed by atoms with Crippen molar-refractivity contribution >= 4 is 33.8 Å². The van der Waals surface area contributed by atoms with Crippen LogP contribution < -0.4 is 0 Å². The van der Waals surface area contributed by atoms with E-state index in [1.807, 2.05) is 16.0 Å². The molecule has 3 aromatic heterocycles. The standard InChI is InChI=1S/C19H14N4O4S/c24-11-13-4-3-12(10-16(13)23(26)27)18-15(22-8-9-28-19(22)21-18)5-6-17(25)14-2-1-7-20-14/h1-10,20,24H,11H2. The largest absolute Gasteiger partial charge is 0.391 e. The molecule has 0 bridgehead atoms. The average Bonchev–Trinajstić information content (AvgIpc) is 3.43. The van der Waals surface area contributed by atoms with Gasteiger partial charge in [-0.1, -0.05) is 6.07 Å². The maximum atomic E-state index is 12.3. The van der Waals surface area contributed by atoms with Crippen molar-refractivity contribution in [2.75, 3.05) is 0 Å². The molecule has 2 N–H and O–H groups in total. The van der Waals surface area contributed by atoms with Crippen molar-refractivity contribution in [3.63, 3.8) is 0 Å². The molecule has 0 unspecified atom stereocenters. The number of carbonyl (C=O) groups excluding carboxylic acids is 1. The first-order chi connectivity index (χ1) is 13.6. The summed E-state index contributed by atoms with van der Waals surface area (Å²) in [6, 6.07) is 8.00. The Morgan fingerprint density at radius 1 is 1.39 bits per heavy atom. The molecule has 3 heterocycles. The van der Waals surface area contributed by atoms with Gasteiger partial charge in [0.2, 0.25) is 5.78 Å². The van der Waals surface area contributed by atoms with Gasteiger partial charge in [0.1, 0.15) is 0 Å². The summed E-state index contributed by atoms with van der Waals surface area (Å²) in [5.41, 5.74) is 2.22. The molecule has 0 aliphatic rings. The molecule has 4 rings (SSSR count). The van der Waals surface area contributed by atoms with E-state index in [0.717, 1.165) is 0 Å². The summed E-state index contributed by atoms with van der Waals surface area (Å²) in [5.74, 6) is -0.192. The van der Waals surface area contributed by atoms with Crippen LogP contribution in [0.2, 0.25) is 0 Å². The molecule has 0 saturated heterocycles. The maximum Gasteiger partial charge on any atom is 0.275 e. The fraction of sp³-hybridized carbons (Fsp3) is 0.0526. The summed E-state index contributed by atoms with van der Waals surface area (Å²) >= 11 is 1.42. The van der Waals surface area contributed by atoms with Crippen LogP contribution in [0.5, 0.6) is 0 Å². The monoisotopic (exact) mass is 394 g/mol. The number of nitro benzene ring substituents is 1. The molecule has 1 aromatic carbocycles. The van der Waals surface area contributed by atoms with Crippen molar-refractivity contribution in [3.05, 3.63) is 81.2 Å². The van der Waals surface area contributed by atoms with Gasteiger partial charge < -0.3 is 10.1 Å². The van der Waals surface area contributed by atoms with E-state index in [2.05, 4.69) is 9.97 Å². The summed E-state index contributed by atoms with van der Waals surface area (Å²) in [4.78, 5) is 31.2. The zero-order valence-electron chi connectivity index (χ0n) is 14.4. The molecular weight excluding hydrogens is 380 g/mol. The van der Waals surface area contributed by atoms with Gasteiger partial charge in [0.15, 0.2) is 4.96 Å². The molecule has 0 saturated carbocycles. The van der Waals surface area contributed by atoms with Crippen LogP contribution in [0.1, 0.15) is 21.7 Å². The van der Waals surface area contributed by atoms with Crippen LogP contribution >= 0.6 is 11.3 Å². The molecule has 0 radical (unpaired) electrons. The molecule has 0 aliphatic carbocycles. The third-order valence-electron chi connectivity index (χ3n) is 4.28. The normalized spacial score (nSPS) is 11.5. The number of thiazole rings is 1. The summed E-state index contributed by atoms with van der Waals surface area (Å²) in [5, 5.41) is 22.5. The highest BCUT2D eigenvalue weighted by Crippen LogP contribution is 2.31. The van der Waals surface area contributed by atoms with Gasteiger partial charge in [-0.25, -0.2) is 4.98 Å². The van der Waals surface area contributed by atoms with Crippen molar-refractivity contribution in [1.82, 2.24) is 14.4 Å². The summed E-state index contributed by atoms with van der Waals surface area (Å²) in [7, 11) is 0. The molecule has 0 amide bonds. The number of ketones is 1. The highest BCUT2D eigenvalue weighted by Gasteiger charge is 2.19. The third-order valence-corrected chi connectivity index (χ3v) is 5.04. The Morgan fingerprint density at radius 2 is 2.25 bits per heavy atom. The topological polar surface area (TPSA) is 114 Å². The fourth-order valence-electron chi connectivity index (χ4n) is 2.92. The number of imidazole rings is 1. The molecule has 0 aliphatic heterocycles. The van der Waals surface area contributed by atoms with Crippen molar-refractivity contribution in [2.45, 2.75) is 6.61 Å². The van der Waals surface area contributed by atoms with Crippen LogP contribution in [0.15, 0.2) is 54.2 Å². The van der Waals surface area contributed by atoms with Gasteiger partial charge in [-0.3, -0.25) is 19.3 Å². The predicted molar refractivity (Wildman–Crippen MR) is 105 cm³/mol. The quantitative estimate of drug-likeness (QED) is 0.224. The van der Waals surface area contributed by atoms with Gasteiger partial charge in [0.05, 0.1) is 34.2 Å². The van der Waals surface area contributed by atoms with E-state index in [4.69, 9.17) is 0 Å². The Balaban J connectivity index is 1.81. The number of aromatic nitrogens is 3. The van der Waals surface area contributed by atoms with Crippen LogP contribution in [-0.2, 0) is 6.61 Å². The molecule has 9 heteroatoms. The Hall–Kier alpha value is -3.56. The smallest absolute Gasteiger partial charge is 0.275 e. The lowest BCUT2D eigenvalue weighted by atomic mass is 10.1. The minimum Gasteiger partial charge on any atom is -0.391 e. The van der Waals surface area contributed by atoms with Gasteiger partial charge in [-0.2, -0.15) is 0 Å². The third kappa shape index (κ3) is 3.13. The Bertz CT molecular complexity index is 1200.